The van der Waals surface area contributed by atoms with Crippen LogP contribution in [0.3, 0.4) is 0 Å². The van der Waals surface area contributed by atoms with Crippen molar-refractivity contribution in [3.63, 3.8) is 0 Å². The number of hydrogen-bond donors (Lipinski definition) is 3. The van der Waals surface area contributed by atoms with Gasteiger partial charge in [0.15, 0.2) is 5.82 Å². The third-order valence-electron chi connectivity index (χ3n) is 6.97. The first-order valence-corrected chi connectivity index (χ1v) is 13.0. The van der Waals surface area contributed by atoms with Gasteiger partial charge in [0.1, 0.15) is 5.02 Å². The zero-order valence-corrected chi connectivity index (χ0v) is 21.5. The van der Waals surface area contributed by atoms with Crippen molar-refractivity contribution < 1.29 is 4.79 Å². The van der Waals surface area contributed by atoms with E-state index >= 15 is 0 Å². The summed E-state index contributed by atoms with van der Waals surface area (Å²) in [6.07, 6.45) is 9.40. The fourth-order valence-electron chi connectivity index (χ4n) is 4.89. The van der Waals surface area contributed by atoms with Gasteiger partial charge in [-0.2, -0.15) is 4.98 Å². The van der Waals surface area contributed by atoms with Crippen LogP contribution >= 0.6 is 11.6 Å². The molecule has 2 aromatic heterocycles. The molecule has 3 aromatic rings. The molecule has 2 aliphatic heterocycles. The Morgan fingerprint density at radius 1 is 1.11 bits per heavy atom. The Kier molecular flexibility index (Phi) is 7.34. The minimum Gasteiger partial charge on any atom is -0.339 e. The maximum absolute atomic E-state index is 13.0. The fraction of sp³-hybridized carbons (Fsp3) is 0.407. The van der Waals surface area contributed by atoms with Gasteiger partial charge in [0.2, 0.25) is 11.9 Å². The molecule has 8 nitrogen and oxygen atoms in total. The van der Waals surface area contributed by atoms with E-state index in [9.17, 15) is 4.79 Å². The molecule has 0 radical (unpaired) electrons. The van der Waals surface area contributed by atoms with Crippen LogP contribution in [0.1, 0.15) is 44.2 Å². The molecular formula is C27H32ClN7O. The molecule has 1 fully saturated rings. The van der Waals surface area contributed by atoms with E-state index in [0.717, 1.165) is 67.0 Å². The lowest BCUT2D eigenvalue weighted by Gasteiger charge is -2.34. The zero-order chi connectivity index (χ0) is 25.1. The molecule has 3 N–H and O–H groups in total. The molecule has 5 rings (SSSR count). The van der Waals surface area contributed by atoms with Crippen molar-refractivity contribution in [3.05, 3.63) is 59.0 Å². The summed E-state index contributed by atoms with van der Waals surface area (Å²) in [6.45, 7) is 6.60. The number of halogens is 1. The van der Waals surface area contributed by atoms with Gasteiger partial charge >= 0.3 is 0 Å². The van der Waals surface area contributed by atoms with Crippen molar-refractivity contribution >= 4 is 46.3 Å². The van der Waals surface area contributed by atoms with Crippen LogP contribution in [-0.4, -0.2) is 44.9 Å². The van der Waals surface area contributed by atoms with Crippen LogP contribution in [0.4, 0.5) is 28.8 Å². The predicted octanol–water partition coefficient (Wildman–Crippen LogP) is 5.56. The average molecular weight is 506 g/mol. The number of rotatable bonds is 4. The number of amides is 1. The molecule has 36 heavy (non-hydrogen) atoms. The van der Waals surface area contributed by atoms with Gasteiger partial charge in [-0.3, -0.25) is 9.78 Å². The Hall–Kier alpha value is -3.23. The zero-order valence-electron chi connectivity index (χ0n) is 20.7. The first-order chi connectivity index (χ1) is 17.4. The average Bonchev–Trinajstić information content (AvgIpc) is 2.86. The predicted molar refractivity (Wildman–Crippen MR) is 144 cm³/mol. The van der Waals surface area contributed by atoms with Crippen LogP contribution in [-0.2, 0) is 17.6 Å². The van der Waals surface area contributed by atoms with Crippen LogP contribution < -0.4 is 16.0 Å². The number of anilines is 5. The molecule has 1 saturated heterocycles. The van der Waals surface area contributed by atoms with Gasteiger partial charge in [-0.1, -0.05) is 11.6 Å². The van der Waals surface area contributed by atoms with E-state index in [1.165, 1.54) is 0 Å². The van der Waals surface area contributed by atoms with Crippen LogP contribution in [0.25, 0.3) is 0 Å². The first-order valence-electron chi connectivity index (χ1n) is 12.6. The highest BCUT2D eigenvalue weighted by Gasteiger charge is 2.23. The summed E-state index contributed by atoms with van der Waals surface area (Å²) in [5.74, 6) is 1.45. The van der Waals surface area contributed by atoms with Crippen LogP contribution in [0, 0.1) is 5.92 Å². The lowest BCUT2D eigenvalue weighted by Crippen LogP contribution is -2.39. The van der Waals surface area contributed by atoms with E-state index in [2.05, 4.69) is 55.7 Å². The molecule has 0 unspecified atom stereocenters. The molecular weight excluding hydrogens is 474 g/mol. The summed E-state index contributed by atoms with van der Waals surface area (Å²) < 4.78 is 0. The van der Waals surface area contributed by atoms with Gasteiger partial charge in [0.25, 0.3) is 0 Å². The number of carbonyl (C=O) groups excluding carboxylic acids is 1. The highest BCUT2D eigenvalue weighted by atomic mass is 35.5. The fourth-order valence-corrected chi connectivity index (χ4v) is 5.03. The number of carbonyl (C=O) groups is 1. The van der Waals surface area contributed by atoms with E-state index in [4.69, 9.17) is 11.6 Å². The molecule has 4 heterocycles. The number of likely N-dealkylation sites (tertiary alicyclic amines) is 1. The summed E-state index contributed by atoms with van der Waals surface area (Å²) in [5, 5.41) is 10.1. The molecule has 0 saturated carbocycles. The number of hydrogen-bond acceptors (Lipinski definition) is 7. The van der Waals surface area contributed by atoms with Gasteiger partial charge in [0, 0.05) is 30.0 Å². The Morgan fingerprint density at radius 2 is 1.94 bits per heavy atom. The molecule has 6 bridgehead atoms. The number of benzene rings is 1. The minimum absolute atomic E-state index is 0.0780. The molecule has 9 heteroatoms. The topological polar surface area (TPSA) is 95.1 Å². The molecule has 0 atom stereocenters. The Bertz CT molecular complexity index is 1240. The maximum atomic E-state index is 13.0. The van der Waals surface area contributed by atoms with Crippen LogP contribution in [0.15, 0.2) is 42.9 Å². The molecule has 0 spiro atoms. The molecule has 0 aliphatic carbocycles. The Labute approximate surface area is 216 Å². The summed E-state index contributed by atoms with van der Waals surface area (Å²) in [4.78, 5) is 28.7. The van der Waals surface area contributed by atoms with Gasteiger partial charge in [-0.15, -0.1) is 0 Å². The van der Waals surface area contributed by atoms with Crippen molar-refractivity contribution in [1.29, 1.82) is 0 Å². The largest absolute Gasteiger partial charge is 0.339 e. The Balaban J connectivity index is 1.36. The monoisotopic (exact) mass is 505 g/mol. The van der Waals surface area contributed by atoms with Gasteiger partial charge in [-0.05, 0) is 93.9 Å². The minimum atomic E-state index is 0.0780. The molecule has 1 aromatic carbocycles. The number of fused-ring (bicyclic) bond motifs is 6. The summed E-state index contributed by atoms with van der Waals surface area (Å²) in [7, 11) is 0. The molecule has 188 valence electrons. The summed E-state index contributed by atoms with van der Waals surface area (Å²) in [5.41, 5.74) is 4.63. The van der Waals surface area contributed by atoms with Gasteiger partial charge in [-0.25, -0.2) is 4.98 Å². The lowest BCUT2D eigenvalue weighted by atomic mass is 9.92. The van der Waals surface area contributed by atoms with Gasteiger partial charge in [0.05, 0.1) is 18.1 Å². The van der Waals surface area contributed by atoms with Crippen molar-refractivity contribution in [2.45, 2.75) is 52.0 Å². The number of piperidine rings is 1. The second-order valence-electron chi connectivity index (χ2n) is 9.92. The summed E-state index contributed by atoms with van der Waals surface area (Å²) in [6, 6.07) is 8.56. The van der Waals surface area contributed by atoms with E-state index in [-0.39, 0.29) is 5.91 Å². The van der Waals surface area contributed by atoms with Crippen molar-refractivity contribution in [2.24, 2.45) is 5.92 Å². The third-order valence-corrected chi connectivity index (χ3v) is 7.25. The molecule has 2 aliphatic rings. The quantitative estimate of drug-likeness (QED) is 0.427. The normalized spacial score (nSPS) is 16.2. The maximum Gasteiger partial charge on any atom is 0.229 e. The highest BCUT2D eigenvalue weighted by Crippen LogP contribution is 2.30. The number of aryl methyl sites for hydroxylation is 2. The van der Waals surface area contributed by atoms with E-state index in [1.54, 1.807) is 12.4 Å². The SMILES string of the molecule is CC(C)N1CCC(CC(=O)Nc2ccc3cc2CCc2cncc(c2)Nc2ncc(Cl)c(n2)N3)CC1. The molecule has 1 amide bonds. The van der Waals surface area contributed by atoms with Crippen molar-refractivity contribution in [1.82, 2.24) is 19.9 Å². The highest BCUT2D eigenvalue weighted by molar-refractivity contribution is 6.32. The number of nitrogens with zero attached hydrogens (tertiary/aromatic N) is 4. The summed E-state index contributed by atoms with van der Waals surface area (Å²) >= 11 is 6.36. The van der Waals surface area contributed by atoms with Gasteiger partial charge < -0.3 is 20.9 Å². The van der Waals surface area contributed by atoms with Crippen molar-refractivity contribution in [2.75, 3.05) is 29.0 Å². The van der Waals surface area contributed by atoms with E-state index in [0.29, 0.717) is 35.2 Å². The third kappa shape index (κ3) is 5.94. The van der Waals surface area contributed by atoms with E-state index < -0.39 is 0 Å². The smallest absolute Gasteiger partial charge is 0.229 e. The van der Waals surface area contributed by atoms with Crippen LogP contribution in [0.2, 0.25) is 5.02 Å². The first kappa shape index (κ1) is 24.5. The number of nitrogens with one attached hydrogen (secondary N) is 3. The van der Waals surface area contributed by atoms with E-state index in [1.807, 2.05) is 24.4 Å². The number of aromatic nitrogens is 3. The standard InChI is InChI=1S/C27H32ClN7O/c1-17(2)35-9-7-18(8-10-35)12-25(36)33-24-6-5-21-13-20(24)4-3-19-11-22(15-29-14-19)32-27-30-16-23(28)26(31-21)34-27/h5-6,11,13-18H,3-4,7-10,12H2,1-2H3,(H,33,36)(H2,30,31,32,34). The van der Waals surface area contributed by atoms with Crippen molar-refractivity contribution in [3.8, 4) is 0 Å². The lowest BCUT2D eigenvalue weighted by molar-refractivity contribution is -0.117. The second kappa shape index (κ2) is 10.8. The van der Waals surface area contributed by atoms with Crippen LogP contribution in [0.5, 0.6) is 0 Å². The second-order valence-corrected chi connectivity index (χ2v) is 10.3. The Morgan fingerprint density at radius 3 is 2.75 bits per heavy atom. The number of pyridine rings is 1.